The number of fused-ring (bicyclic) bond motifs is 1. The van der Waals surface area contributed by atoms with Gasteiger partial charge in [-0.05, 0) is 54.6 Å². The summed E-state index contributed by atoms with van der Waals surface area (Å²) in [5.74, 6) is 0.0629. The van der Waals surface area contributed by atoms with Gasteiger partial charge in [-0.1, -0.05) is 11.8 Å². The highest BCUT2D eigenvalue weighted by Gasteiger charge is 2.25. The molecule has 1 atom stereocenters. The summed E-state index contributed by atoms with van der Waals surface area (Å²) in [6.45, 7) is 6.70. The lowest BCUT2D eigenvalue weighted by Gasteiger charge is -2.29. The zero-order valence-corrected chi connectivity index (χ0v) is 17.2. The first-order valence-electron chi connectivity index (χ1n) is 8.24. The smallest absolute Gasteiger partial charge is 0.262 e. The maximum absolute atomic E-state index is 12.8. The van der Waals surface area contributed by atoms with E-state index >= 15 is 0 Å². The lowest BCUT2D eigenvalue weighted by Crippen LogP contribution is -2.44. The molecule has 0 bridgehead atoms. The van der Waals surface area contributed by atoms with Crippen molar-refractivity contribution in [3.63, 3.8) is 0 Å². The first-order valence-corrected chi connectivity index (χ1v) is 10.2. The Balaban J connectivity index is 1.91. The minimum Gasteiger partial charge on any atom is -0.378 e. The number of aromatic nitrogens is 2. The van der Waals surface area contributed by atoms with E-state index in [1.165, 1.54) is 11.8 Å². The number of ether oxygens (including phenoxy) is 1. The lowest BCUT2D eigenvalue weighted by molar-refractivity contribution is -0.134. The third-order valence-electron chi connectivity index (χ3n) is 4.15. The first kappa shape index (κ1) is 18.7. The van der Waals surface area contributed by atoms with Crippen LogP contribution < -0.4 is 5.56 Å². The number of morpholine rings is 1. The Labute approximate surface area is 164 Å². The third kappa shape index (κ3) is 4.01. The largest absolute Gasteiger partial charge is 0.378 e. The van der Waals surface area contributed by atoms with E-state index in [9.17, 15) is 9.59 Å². The van der Waals surface area contributed by atoms with Crippen LogP contribution in [0, 0.1) is 3.57 Å². The summed E-state index contributed by atoms with van der Waals surface area (Å²) in [6.07, 6.45) is 0. The molecule has 6 nitrogen and oxygen atoms in total. The molecule has 8 heteroatoms. The Kier molecular flexibility index (Phi) is 6.00. The monoisotopic (exact) mass is 473 g/mol. The Morgan fingerprint density at radius 1 is 1.40 bits per heavy atom. The molecule has 0 spiro atoms. The number of thioether (sulfide) groups is 1. The van der Waals surface area contributed by atoms with Crippen LogP contribution >= 0.6 is 34.4 Å². The number of rotatable bonds is 4. The van der Waals surface area contributed by atoms with Crippen molar-refractivity contribution < 1.29 is 9.53 Å². The fourth-order valence-electron chi connectivity index (χ4n) is 2.79. The summed E-state index contributed by atoms with van der Waals surface area (Å²) in [7, 11) is 0. The zero-order valence-electron chi connectivity index (χ0n) is 14.2. The van der Waals surface area contributed by atoms with Gasteiger partial charge >= 0.3 is 0 Å². The van der Waals surface area contributed by atoms with Crippen molar-refractivity contribution in [1.29, 1.82) is 0 Å². The van der Waals surface area contributed by atoms with Crippen LogP contribution in [0.15, 0.2) is 28.2 Å². The zero-order chi connectivity index (χ0) is 18.0. The van der Waals surface area contributed by atoms with E-state index in [1.807, 2.05) is 36.9 Å². The van der Waals surface area contributed by atoms with Crippen molar-refractivity contribution >= 4 is 51.2 Å². The van der Waals surface area contributed by atoms with Gasteiger partial charge in [-0.3, -0.25) is 14.2 Å². The molecular formula is C17H20IN3O3S. The fourth-order valence-corrected chi connectivity index (χ4v) is 4.34. The Bertz CT molecular complexity index is 849. The Morgan fingerprint density at radius 2 is 2.12 bits per heavy atom. The van der Waals surface area contributed by atoms with Crippen LogP contribution in [-0.2, 0) is 16.1 Å². The van der Waals surface area contributed by atoms with Gasteiger partial charge in [0.2, 0.25) is 5.91 Å². The summed E-state index contributed by atoms with van der Waals surface area (Å²) >= 11 is 3.54. The molecule has 1 aromatic heterocycles. The number of hydrogen-bond donors (Lipinski definition) is 0. The standard InChI is InChI=1S/C17H20IN3O3S/c1-3-21-16(23)13-10-12(18)4-5-14(13)19-17(21)25-11(2)15(22)20-6-8-24-9-7-20/h4-5,10-11H,3,6-9H2,1-2H3/t11-/m0/s1. The van der Waals surface area contributed by atoms with Crippen LogP contribution in [0.25, 0.3) is 10.9 Å². The van der Waals surface area contributed by atoms with E-state index in [0.717, 1.165) is 3.57 Å². The average Bonchev–Trinajstić information content (AvgIpc) is 2.63. The molecule has 1 saturated heterocycles. The Morgan fingerprint density at radius 3 is 2.80 bits per heavy atom. The Hall–Kier alpha value is -1.13. The quantitative estimate of drug-likeness (QED) is 0.388. The van der Waals surface area contributed by atoms with E-state index in [2.05, 4.69) is 27.6 Å². The van der Waals surface area contributed by atoms with Crippen LogP contribution in [0.1, 0.15) is 13.8 Å². The maximum Gasteiger partial charge on any atom is 0.262 e. The molecule has 0 N–H and O–H groups in total. The minimum absolute atomic E-state index is 0.0560. The van der Waals surface area contributed by atoms with E-state index in [4.69, 9.17) is 4.74 Å². The van der Waals surface area contributed by atoms with Gasteiger partial charge in [-0.15, -0.1) is 0 Å². The van der Waals surface area contributed by atoms with Crippen LogP contribution in [0.4, 0.5) is 0 Å². The van der Waals surface area contributed by atoms with Crippen molar-refractivity contribution in [3.05, 3.63) is 32.1 Å². The molecule has 0 unspecified atom stereocenters. The molecule has 2 heterocycles. The van der Waals surface area contributed by atoms with Crippen molar-refractivity contribution in [2.24, 2.45) is 0 Å². The normalized spacial score (nSPS) is 16.2. The summed E-state index contributed by atoms with van der Waals surface area (Å²) in [5, 5.41) is 0.907. The molecule has 25 heavy (non-hydrogen) atoms. The van der Waals surface area contributed by atoms with E-state index in [0.29, 0.717) is 48.9 Å². The minimum atomic E-state index is -0.302. The molecule has 0 saturated carbocycles. The van der Waals surface area contributed by atoms with Gasteiger partial charge in [-0.2, -0.15) is 0 Å². The van der Waals surface area contributed by atoms with E-state index in [1.54, 1.807) is 4.57 Å². The molecule has 1 fully saturated rings. The number of benzene rings is 1. The second-order valence-electron chi connectivity index (χ2n) is 5.80. The van der Waals surface area contributed by atoms with Crippen molar-refractivity contribution in [2.45, 2.75) is 30.8 Å². The number of carbonyl (C=O) groups is 1. The van der Waals surface area contributed by atoms with Crippen LogP contribution in [0.2, 0.25) is 0 Å². The van der Waals surface area contributed by atoms with Gasteiger partial charge in [0.25, 0.3) is 5.56 Å². The van der Waals surface area contributed by atoms with Crippen molar-refractivity contribution in [3.8, 4) is 0 Å². The highest BCUT2D eigenvalue weighted by molar-refractivity contribution is 14.1. The molecule has 0 radical (unpaired) electrons. The van der Waals surface area contributed by atoms with Gasteiger partial charge in [0.15, 0.2) is 5.16 Å². The van der Waals surface area contributed by atoms with E-state index < -0.39 is 0 Å². The molecule has 1 aromatic carbocycles. The summed E-state index contributed by atoms with van der Waals surface area (Å²) in [4.78, 5) is 31.9. The number of hydrogen-bond acceptors (Lipinski definition) is 5. The fraction of sp³-hybridized carbons (Fsp3) is 0.471. The average molecular weight is 473 g/mol. The lowest BCUT2D eigenvalue weighted by atomic mass is 10.2. The molecule has 0 aliphatic carbocycles. The summed E-state index contributed by atoms with van der Waals surface area (Å²) in [5.41, 5.74) is 0.614. The highest BCUT2D eigenvalue weighted by atomic mass is 127. The van der Waals surface area contributed by atoms with Gasteiger partial charge in [0.05, 0.1) is 29.4 Å². The molecule has 1 aliphatic rings. The van der Waals surface area contributed by atoms with Crippen LogP contribution in [0.5, 0.6) is 0 Å². The second-order valence-corrected chi connectivity index (χ2v) is 8.36. The topological polar surface area (TPSA) is 64.4 Å². The van der Waals surface area contributed by atoms with Crippen molar-refractivity contribution in [2.75, 3.05) is 26.3 Å². The molecule has 2 aromatic rings. The third-order valence-corrected chi connectivity index (χ3v) is 5.90. The molecule has 134 valence electrons. The number of nitrogens with zero attached hydrogens (tertiary/aromatic N) is 3. The van der Waals surface area contributed by atoms with Gasteiger partial charge in [-0.25, -0.2) is 4.98 Å². The van der Waals surface area contributed by atoms with Gasteiger partial charge < -0.3 is 9.64 Å². The molecule has 1 amide bonds. The summed E-state index contributed by atoms with van der Waals surface area (Å²) < 4.78 is 7.95. The van der Waals surface area contributed by atoms with Gasteiger partial charge in [0, 0.05) is 23.2 Å². The predicted octanol–water partition coefficient (Wildman–Crippen LogP) is 2.36. The van der Waals surface area contributed by atoms with Crippen LogP contribution in [0.3, 0.4) is 0 Å². The molecule has 3 rings (SSSR count). The molecule has 1 aliphatic heterocycles. The van der Waals surface area contributed by atoms with Crippen LogP contribution in [-0.4, -0.2) is 51.9 Å². The maximum atomic E-state index is 12.8. The SMILES string of the molecule is CCn1c(S[C@@H](C)C(=O)N2CCOCC2)nc2ccc(I)cc2c1=O. The van der Waals surface area contributed by atoms with Gasteiger partial charge in [0.1, 0.15) is 0 Å². The summed E-state index contributed by atoms with van der Waals surface area (Å²) in [6, 6.07) is 5.65. The first-order chi connectivity index (χ1) is 12.0. The number of halogens is 1. The number of carbonyl (C=O) groups excluding carboxylic acids is 1. The van der Waals surface area contributed by atoms with Crippen molar-refractivity contribution in [1.82, 2.24) is 14.5 Å². The predicted molar refractivity (Wildman–Crippen MR) is 107 cm³/mol. The highest BCUT2D eigenvalue weighted by Crippen LogP contribution is 2.24. The second kappa shape index (κ2) is 8.05. The number of amides is 1. The van der Waals surface area contributed by atoms with E-state index in [-0.39, 0.29) is 16.7 Å². The molecular weight excluding hydrogens is 453 g/mol.